The Bertz CT molecular complexity index is 655. The van der Waals surface area contributed by atoms with Crippen LogP contribution in [0.1, 0.15) is 57.6 Å². The average Bonchev–Trinajstić information content (AvgIpc) is 2.73. The van der Waals surface area contributed by atoms with Crippen LogP contribution < -0.4 is 0 Å². The van der Waals surface area contributed by atoms with Crippen LogP contribution in [0.2, 0.25) is 0 Å². The zero-order valence-corrected chi connectivity index (χ0v) is 12.9. The van der Waals surface area contributed by atoms with Crippen LogP contribution in [0.3, 0.4) is 0 Å². The van der Waals surface area contributed by atoms with Crippen molar-refractivity contribution in [1.82, 2.24) is 0 Å². The van der Waals surface area contributed by atoms with E-state index in [4.69, 9.17) is 0 Å². The highest BCUT2D eigenvalue weighted by molar-refractivity contribution is 5.95. The van der Waals surface area contributed by atoms with Gasteiger partial charge in [0.05, 0.1) is 0 Å². The number of hydrogen-bond acceptors (Lipinski definition) is 0. The molecule has 20 heavy (non-hydrogen) atoms. The minimum absolute atomic E-state index is 0.295. The summed E-state index contributed by atoms with van der Waals surface area (Å²) in [4.78, 5) is 0. The zero-order chi connectivity index (χ0) is 14.2. The topological polar surface area (TPSA) is 0 Å². The van der Waals surface area contributed by atoms with Gasteiger partial charge in [0.15, 0.2) is 0 Å². The largest absolute Gasteiger partial charge is 0.0653 e. The summed E-state index contributed by atoms with van der Waals surface area (Å²) in [6, 6.07) is 13.5. The van der Waals surface area contributed by atoms with Crippen LogP contribution in [0.4, 0.5) is 0 Å². The molecule has 0 unspecified atom stereocenters. The summed E-state index contributed by atoms with van der Waals surface area (Å²) in [7, 11) is 0. The molecule has 0 heteroatoms. The molecule has 1 aliphatic carbocycles. The van der Waals surface area contributed by atoms with E-state index in [0.717, 1.165) is 0 Å². The van der Waals surface area contributed by atoms with Crippen LogP contribution >= 0.6 is 0 Å². The molecule has 0 fully saturated rings. The van der Waals surface area contributed by atoms with Gasteiger partial charge in [0, 0.05) is 5.41 Å². The Morgan fingerprint density at radius 3 is 2.30 bits per heavy atom. The van der Waals surface area contributed by atoms with Gasteiger partial charge < -0.3 is 0 Å². The third-order valence-electron chi connectivity index (χ3n) is 4.96. The summed E-state index contributed by atoms with van der Waals surface area (Å²) < 4.78 is 0. The maximum absolute atomic E-state index is 2.45. The Morgan fingerprint density at radius 1 is 0.900 bits per heavy atom. The van der Waals surface area contributed by atoms with E-state index in [2.05, 4.69) is 63.2 Å². The van der Waals surface area contributed by atoms with Gasteiger partial charge in [-0.2, -0.15) is 0 Å². The van der Waals surface area contributed by atoms with Crippen molar-refractivity contribution in [2.45, 2.75) is 51.9 Å². The SMILES string of the molecule is CCCC1(CCC)C(C)=Cc2c1ccc1ccccc21. The molecule has 0 nitrogen and oxygen atoms in total. The van der Waals surface area contributed by atoms with Crippen molar-refractivity contribution < 1.29 is 0 Å². The van der Waals surface area contributed by atoms with Crippen LogP contribution in [-0.4, -0.2) is 0 Å². The molecule has 0 heterocycles. The van der Waals surface area contributed by atoms with Gasteiger partial charge in [-0.3, -0.25) is 0 Å². The lowest BCUT2D eigenvalue weighted by atomic mass is 9.71. The van der Waals surface area contributed by atoms with Gasteiger partial charge in [-0.15, -0.1) is 0 Å². The third kappa shape index (κ3) is 1.82. The monoisotopic (exact) mass is 264 g/mol. The minimum atomic E-state index is 0.295. The van der Waals surface area contributed by atoms with Crippen molar-refractivity contribution in [3.8, 4) is 0 Å². The van der Waals surface area contributed by atoms with Gasteiger partial charge >= 0.3 is 0 Å². The molecule has 1 aliphatic rings. The molecule has 0 saturated heterocycles. The summed E-state index contributed by atoms with van der Waals surface area (Å²) >= 11 is 0. The maximum atomic E-state index is 2.45. The number of rotatable bonds is 4. The fraction of sp³-hybridized carbons (Fsp3) is 0.400. The molecule has 2 aromatic rings. The van der Waals surface area contributed by atoms with Gasteiger partial charge in [0.1, 0.15) is 0 Å². The van der Waals surface area contributed by atoms with Gasteiger partial charge in [0.25, 0.3) is 0 Å². The Kier molecular flexibility index (Phi) is 3.41. The lowest BCUT2D eigenvalue weighted by molar-refractivity contribution is 0.425. The predicted molar refractivity (Wildman–Crippen MR) is 89.1 cm³/mol. The summed E-state index contributed by atoms with van der Waals surface area (Å²) in [5.74, 6) is 0. The molecule has 0 N–H and O–H groups in total. The molecule has 3 rings (SSSR count). The fourth-order valence-electron chi connectivity index (χ4n) is 4.08. The Hall–Kier alpha value is -1.56. The smallest absolute Gasteiger partial charge is 0.0168 e. The fourth-order valence-corrected chi connectivity index (χ4v) is 4.08. The van der Waals surface area contributed by atoms with Crippen molar-refractivity contribution in [1.29, 1.82) is 0 Å². The summed E-state index contributed by atoms with van der Waals surface area (Å²) in [5, 5.41) is 2.78. The van der Waals surface area contributed by atoms with E-state index in [9.17, 15) is 0 Å². The van der Waals surface area contributed by atoms with Gasteiger partial charge in [-0.25, -0.2) is 0 Å². The van der Waals surface area contributed by atoms with E-state index in [1.165, 1.54) is 42.0 Å². The first-order valence-corrected chi connectivity index (χ1v) is 7.94. The summed E-state index contributed by atoms with van der Waals surface area (Å²) in [5.41, 5.74) is 4.90. The van der Waals surface area contributed by atoms with Crippen LogP contribution in [-0.2, 0) is 5.41 Å². The van der Waals surface area contributed by atoms with E-state index in [-0.39, 0.29) is 0 Å². The van der Waals surface area contributed by atoms with Crippen molar-refractivity contribution in [2.24, 2.45) is 0 Å². The van der Waals surface area contributed by atoms with E-state index in [1.54, 1.807) is 11.1 Å². The van der Waals surface area contributed by atoms with Gasteiger partial charge in [0.2, 0.25) is 0 Å². The van der Waals surface area contributed by atoms with Gasteiger partial charge in [-0.1, -0.05) is 74.7 Å². The Balaban J connectivity index is 2.25. The van der Waals surface area contributed by atoms with E-state index in [1.807, 2.05) is 0 Å². The number of fused-ring (bicyclic) bond motifs is 3. The summed E-state index contributed by atoms with van der Waals surface area (Å²) in [6.07, 6.45) is 7.49. The summed E-state index contributed by atoms with van der Waals surface area (Å²) in [6.45, 7) is 6.95. The second-order valence-corrected chi connectivity index (χ2v) is 6.16. The number of hydrogen-bond donors (Lipinski definition) is 0. The first-order valence-electron chi connectivity index (χ1n) is 7.94. The minimum Gasteiger partial charge on any atom is -0.0653 e. The Morgan fingerprint density at radius 2 is 1.60 bits per heavy atom. The number of benzene rings is 2. The molecule has 0 radical (unpaired) electrons. The molecule has 0 saturated carbocycles. The first-order chi connectivity index (χ1) is 9.73. The quantitative estimate of drug-likeness (QED) is 0.626. The van der Waals surface area contributed by atoms with E-state index in [0.29, 0.717) is 5.41 Å². The molecule has 0 aliphatic heterocycles. The van der Waals surface area contributed by atoms with Crippen molar-refractivity contribution in [3.05, 3.63) is 53.1 Å². The average molecular weight is 264 g/mol. The molecular weight excluding hydrogens is 240 g/mol. The van der Waals surface area contributed by atoms with E-state index < -0.39 is 0 Å². The third-order valence-corrected chi connectivity index (χ3v) is 4.96. The van der Waals surface area contributed by atoms with Crippen LogP contribution in [0.5, 0.6) is 0 Å². The second-order valence-electron chi connectivity index (χ2n) is 6.16. The van der Waals surface area contributed by atoms with Gasteiger partial charge in [-0.05, 0) is 41.7 Å². The molecule has 0 bridgehead atoms. The van der Waals surface area contributed by atoms with Crippen molar-refractivity contribution >= 4 is 16.8 Å². The molecule has 0 spiro atoms. The molecular formula is C20H24. The first kappa shape index (κ1) is 13.4. The standard InChI is InChI=1S/C20H24/c1-4-12-20(13-5-2)15(3)14-18-17-9-7-6-8-16(17)10-11-19(18)20/h6-11,14H,4-5,12-13H2,1-3H3. The molecule has 0 atom stereocenters. The highest BCUT2D eigenvalue weighted by Gasteiger charge is 2.38. The normalized spacial score (nSPS) is 16.2. The molecule has 2 aromatic carbocycles. The lowest BCUT2D eigenvalue weighted by Gasteiger charge is -2.33. The second kappa shape index (κ2) is 5.09. The van der Waals surface area contributed by atoms with Crippen LogP contribution in [0.25, 0.3) is 16.8 Å². The highest BCUT2D eigenvalue weighted by Crippen LogP contribution is 2.49. The predicted octanol–water partition coefficient (Wildman–Crippen LogP) is 6.09. The number of allylic oxidation sites excluding steroid dienone is 1. The Labute approximate surface area is 122 Å². The molecule has 0 aromatic heterocycles. The zero-order valence-electron chi connectivity index (χ0n) is 12.9. The molecule has 104 valence electrons. The van der Waals surface area contributed by atoms with E-state index >= 15 is 0 Å². The highest BCUT2D eigenvalue weighted by atomic mass is 14.4. The lowest BCUT2D eigenvalue weighted by Crippen LogP contribution is -2.25. The van der Waals surface area contributed by atoms with Crippen molar-refractivity contribution in [2.75, 3.05) is 0 Å². The van der Waals surface area contributed by atoms with Crippen LogP contribution in [0, 0.1) is 0 Å². The maximum Gasteiger partial charge on any atom is 0.0168 e. The van der Waals surface area contributed by atoms with Crippen LogP contribution in [0.15, 0.2) is 42.0 Å². The molecule has 0 amide bonds. The van der Waals surface area contributed by atoms with Crippen molar-refractivity contribution in [3.63, 3.8) is 0 Å².